The highest BCUT2D eigenvalue weighted by atomic mass is 16.5. The van der Waals surface area contributed by atoms with Crippen molar-refractivity contribution in [3.63, 3.8) is 0 Å². The van der Waals surface area contributed by atoms with E-state index in [9.17, 15) is 5.11 Å². The Kier molecular flexibility index (Phi) is 4.66. The monoisotopic (exact) mass is 278 g/mol. The number of aliphatic hydroxyl groups is 1. The van der Waals surface area contributed by atoms with E-state index < -0.39 is 0 Å². The summed E-state index contributed by atoms with van der Waals surface area (Å²) in [5.74, 6) is 0.914. The van der Waals surface area contributed by atoms with Crippen molar-refractivity contribution < 1.29 is 9.84 Å². The molecule has 1 aliphatic rings. The van der Waals surface area contributed by atoms with E-state index in [2.05, 4.69) is 25.7 Å². The summed E-state index contributed by atoms with van der Waals surface area (Å²) in [6.45, 7) is 8.19. The van der Waals surface area contributed by atoms with Crippen molar-refractivity contribution in [1.29, 1.82) is 0 Å². The van der Waals surface area contributed by atoms with Gasteiger partial charge in [-0.1, -0.05) is 20.8 Å². The van der Waals surface area contributed by atoms with Crippen molar-refractivity contribution in [3.05, 3.63) is 23.4 Å². The molecule has 1 aromatic heterocycles. The summed E-state index contributed by atoms with van der Waals surface area (Å²) < 4.78 is 5.68. The zero-order valence-corrected chi connectivity index (χ0v) is 13.0. The van der Waals surface area contributed by atoms with Gasteiger partial charge in [0.25, 0.3) is 0 Å². The number of aromatic nitrogens is 1. The van der Waals surface area contributed by atoms with Gasteiger partial charge in [0.15, 0.2) is 0 Å². The number of likely N-dealkylation sites (N-methyl/N-ethyl adjacent to an activating group) is 1. The Morgan fingerprint density at radius 3 is 2.70 bits per heavy atom. The first kappa shape index (κ1) is 15.3. The summed E-state index contributed by atoms with van der Waals surface area (Å²) in [6.07, 6.45) is 2.57. The molecular weight excluding hydrogens is 252 g/mol. The van der Waals surface area contributed by atoms with Crippen molar-refractivity contribution in [1.82, 2.24) is 4.98 Å². The summed E-state index contributed by atoms with van der Waals surface area (Å²) in [6, 6.07) is 3.95. The Morgan fingerprint density at radius 1 is 1.40 bits per heavy atom. The summed E-state index contributed by atoms with van der Waals surface area (Å²) in [7, 11) is 2.04. The van der Waals surface area contributed by atoms with Crippen LogP contribution in [0.4, 0.5) is 5.82 Å². The highest BCUT2D eigenvalue weighted by molar-refractivity contribution is 5.43. The average Bonchev–Trinajstić information content (AvgIpc) is 2.90. The molecule has 0 radical (unpaired) electrons. The molecule has 0 spiro atoms. The molecule has 1 atom stereocenters. The SMILES string of the molecule is CN(CC1CCCO1)c1cc(CO)cc(C(C)(C)C)n1. The first-order valence-electron chi connectivity index (χ1n) is 7.35. The number of anilines is 1. The minimum Gasteiger partial charge on any atom is -0.392 e. The molecule has 2 rings (SSSR count). The van der Waals surface area contributed by atoms with E-state index in [0.29, 0.717) is 6.10 Å². The van der Waals surface area contributed by atoms with Crippen molar-refractivity contribution >= 4 is 5.82 Å². The maximum Gasteiger partial charge on any atom is 0.129 e. The molecule has 0 saturated carbocycles. The Balaban J connectivity index is 2.20. The molecule has 0 bridgehead atoms. The van der Waals surface area contributed by atoms with Crippen LogP contribution in [0.1, 0.15) is 44.9 Å². The van der Waals surface area contributed by atoms with E-state index in [1.807, 2.05) is 19.2 Å². The lowest BCUT2D eigenvalue weighted by molar-refractivity contribution is 0.116. The molecule has 112 valence electrons. The summed E-state index contributed by atoms with van der Waals surface area (Å²) >= 11 is 0. The van der Waals surface area contributed by atoms with Crippen LogP contribution in [0.5, 0.6) is 0 Å². The van der Waals surface area contributed by atoms with Crippen LogP contribution in [0.15, 0.2) is 12.1 Å². The Bertz CT molecular complexity index is 448. The first-order chi connectivity index (χ1) is 9.40. The molecule has 20 heavy (non-hydrogen) atoms. The first-order valence-corrected chi connectivity index (χ1v) is 7.35. The Labute approximate surface area is 121 Å². The van der Waals surface area contributed by atoms with Crippen LogP contribution in [0.25, 0.3) is 0 Å². The fourth-order valence-corrected chi connectivity index (χ4v) is 2.43. The highest BCUT2D eigenvalue weighted by Crippen LogP contribution is 2.25. The number of hydrogen-bond donors (Lipinski definition) is 1. The van der Waals surface area contributed by atoms with Gasteiger partial charge in [0.1, 0.15) is 5.82 Å². The molecule has 1 N–H and O–H groups in total. The third-order valence-corrected chi connectivity index (χ3v) is 3.72. The lowest BCUT2D eigenvalue weighted by Gasteiger charge is -2.25. The topological polar surface area (TPSA) is 45.6 Å². The summed E-state index contributed by atoms with van der Waals surface area (Å²) in [4.78, 5) is 6.88. The quantitative estimate of drug-likeness (QED) is 0.919. The number of pyridine rings is 1. The lowest BCUT2D eigenvalue weighted by atomic mass is 9.91. The molecule has 2 heterocycles. The molecular formula is C16H26N2O2. The second kappa shape index (κ2) is 6.10. The van der Waals surface area contributed by atoms with E-state index in [1.165, 1.54) is 0 Å². The van der Waals surface area contributed by atoms with Gasteiger partial charge in [0.2, 0.25) is 0 Å². The lowest BCUT2D eigenvalue weighted by Crippen LogP contribution is -2.30. The van der Waals surface area contributed by atoms with Gasteiger partial charge in [0, 0.05) is 31.3 Å². The van der Waals surface area contributed by atoms with E-state index in [1.54, 1.807) is 0 Å². The van der Waals surface area contributed by atoms with Crippen LogP contribution in [0.2, 0.25) is 0 Å². The normalized spacial score (nSPS) is 19.4. The molecule has 4 nitrogen and oxygen atoms in total. The van der Waals surface area contributed by atoms with E-state index in [0.717, 1.165) is 43.1 Å². The fraction of sp³-hybridized carbons (Fsp3) is 0.688. The Morgan fingerprint density at radius 2 is 2.15 bits per heavy atom. The van der Waals surface area contributed by atoms with Crippen LogP contribution in [-0.2, 0) is 16.8 Å². The van der Waals surface area contributed by atoms with Crippen molar-refractivity contribution in [2.24, 2.45) is 0 Å². The Hall–Kier alpha value is -1.13. The minimum absolute atomic E-state index is 0.0232. The third-order valence-electron chi connectivity index (χ3n) is 3.72. The highest BCUT2D eigenvalue weighted by Gasteiger charge is 2.21. The molecule has 4 heteroatoms. The van der Waals surface area contributed by atoms with E-state index in [-0.39, 0.29) is 12.0 Å². The molecule has 1 aromatic rings. The number of rotatable bonds is 4. The van der Waals surface area contributed by atoms with Gasteiger partial charge in [0.05, 0.1) is 12.7 Å². The van der Waals surface area contributed by atoms with Crippen LogP contribution in [0.3, 0.4) is 0 Å². The molecule has 0 aromatic carbocycles. The second-order valence-corrected chi connectivity index (χ2v) is 6.64. The average molecular weight is 278 g/mol. The predicted molar refractivity (Wildman–Crippen MR) is 81.1 cm³/mol. The second-order valence-electron chi connectivity index (χ2n) is 6.64. The molecule has 1 aliphatic heterocycles. The number of aliphatic hydroxyl groups excluding tert-OH is 1. The maximum atomic E-state index is 9.45. The van der Waals surface area contributed by atoms with Gasteiger partial charge in [-0.25, -0.2) is 4.98 Å². The maximum absolute atomic E-state index is 9.45. The predicted octanol–water partition coefficient (Wildman–Crippen LogP) is 2.49. The number of nitrogens with zero attached hydrogens (tertiary/aromatic N) is 2. The van der Waals surface area contributed by atoms with Gasteiger partial charge in [-0.15, -0.1) is 0 Å². The van der Waals surface area contributed by atoms with Crippen LogP contribution >= 0.6 is 0 Å². The summed E-state index contributed by atoms with van der Waals surface area (Å²) in [5.41, 5.74) is 1.90. The van der Waals surface area contributed by atoms with Gasteiger partial charge in [-0.3, -0.25) is 0 Å². The van der Waals surface area contributed by atoms with E-state index in [4.69, 9.17) is 9.72 Å². The van der Waals surface area contributed by atoms with Gasteiger partial charge < -0.3 is 14.7 Å². The fourth-order valence-electron chi connectivity index (χ4n) is 2.43. The number of ether oxygens (including phenoxy) is 1. The van der Waals surface area contributed by atoms with Gasteiger partial charge in [-0.05, 0) is 30.5 Å². The van der Waals surface area contributed by atoms with Crippen molar-refractivity contribution in [3.8, 4) is 0 Å². The summed E-state index contributed by atoms with van der Waals surface area (Å²) in [5, 5.41) is 9.45. The van der Waals surface area contributed by atoms with Crippen LogP contribution < -0.4 is 4.90 Å². The minimum atomic E-state index is -0.0232. The van der Waals surface area contributed by atoms with Crippen LogP contribution in [0, 0.1) is 0 Å². The molecule has 1 fully saturated rings. The van der Waals surface area contributed by atoms with E-state index >= 15 is 0 Å². The van der Waals surface area contributed by atoms with Crippen molar-refractivity contribution in [2.75, 3.05) is 25.1 Å². The van der Waals surface area contributed by atoms with Gasteiger partial charge in [-0.2, -0.15) is 0 Å². The van der Waals surface area contributed by atoms with Crippen LogP contribution in [-0.4, -0.2) is 36.4 Å². The zero-order valence-electron chi connectivity index (χ0n) is 13.0. The standard InChI is InChI=1S/C16H26N2O2/c1-16(2,3)14-8-12(11-19)9-15(17-14)18(4)10-13-6-5-7-20-13/h8-9,13,19H,5-7,10-11H2,1-4H3. The third kappa shape index (κ3) is 3.70. The molecule has 1 saturated heterocycles. The smallest absolute Gasteiger partial charge is 0.129 e. The molecule has 1 unspecified atom stereocenters. The number of hydrogen-bond acceptors (Lipinski definition) is 4. The van der Waals surface area contributed by atoms with Crippen molar-refractivity contribution in [2.45, 2.75) is 51.7 Å². The largest absolute Gasteiger partial charge is 0.392 e. The molecule has 0 amide bonds. The molecule has 0 aliphatic carbocycles. The zero-order chi connectivity index (χ0) is 14.8. The van der Waals surface area contributed by atoms with Gasteiger partial charge >= 0.3 is 0 Å².